The Morgan fingerprint density at radius 1 is 1.41 bits per heavy atom. The van der Waals surface area contributed by atoms with E-state index in [0.29, 0.717) is 6.42 Å². The van der Waals surface area contributed by atoms with Gasteiger partial charge in [0.25, 0.3) is 0 Å². The lowest BCUT2D eigenvalue weighted by molar-refractivity contribution is -0.135. The van der Waals surface area contributed by atoms with Crippen LogP contribution in [0.25, 0.3) is 0 Å². The van der Waals surface area contributed by atoms with Crippen molar-refractivity contribution in [3.05, 3.63) is 0 Å². The van der Waals surface area contributed by atoms with E-state index in [1.54, 1.807) is 4.90 Å². The van der Waals surface area contributed by atoms with E-state index in [1.807, 2.05) is 0 Å². The molecule has 2 saturated heterocycles. The summed E-state index contributed by atoms with van der Waals surface area (Å²) in [5.41, 5.74) is 0. The number of carbonyl (C=O) groups excluding carboxylic acids is 2. The quantitative estimate of drug-likeness (QED) is 0.721. The molecule has 0 saturated carbocycles. The number of likely N-dealkylation sites (tertiary alicyclic amines) is 1. The largest absolute Gasteiger partial charge is 0.351 e. The van der Waals surface area contributed by atoms with Crippen LogP contribution < -0.4 is 10.6 Å². The Labute approximate surface area is 102 Å². The monoisotopic (exact) mass is 239 g/mol. The lowest BCUT2D eigenvalue weighted by Gasteiger charge is -2.21. The highest BCUT2D eigenvalue weighted by Crippen LogP contribution is 2.10. The number of hydrogen-bond donors (Lipinski definition) is 2. The van der Waals surface area contributed by atoms with Gasteiger partial charge < -0.3 is 15.5 Å². The van der Waals surface area contributed by atoms with Crippen LogP contribution in [0.15, 0.2) is 0 Å². The standard InChI is InChI=1S/C12H21N3O2/c16-11(14-10-5-6-13-8-10)9-15-7-3-1-2-4-12(15)17/h10,13H,1-9H2,(H,14,16). The van der Waals surface area contributed by atoms with Crippen molar-refractivity contribution in [2.75, 3.05) is 26.2 Å². The fourth-order valence-corrected chi connectivity index (χ4v) is 2.43. The summed E-state index contributed by atoms with van der Waals surface area (Å²) in [5.74, 6) is 0.108. The fraction of sp³-hybridized carbons (Fsp3) is 0.833. The minimum atomic E-state index is -0.0195. The van der Waals surface area contributed by atoms with Crippen LogP contribution in [0, 0.1) is 0 Å². The second kappa shape index (κ2) is 6.00. The number of rotatable bonds is 3. The Morgan fingerprint density at radius 2 is 2.29 bits per heavy atom. The molecule has 0 aromatic carbocycles. The van der Waals surface area contributed by atoms with Crippen LogP contribution >= 0.6 is 0 Å². The van der Waals surface area contributed by atoms with Gasteiger partial charge in [0.1, 0.15) is 0 Å². The third-order valence-electron chi connectivity index (χ3n) is 3.43. The van der Waals surface area contributed by atoms with Crippen molar-refractivity contribution in [3.8, 4) is 0 Å². The molecule has 2 aliphatic heterocycles. The smallest absolute Gasteiger partial charge is 0.239 e. The lowest BCUT2D eigenvalue weighted by atomic mass is 10.2. The van der Waals surface area contributed by atoms with E-state index in [0.717, 1.165) is 45.3 Å². The van der Waals surface area contributed by atoms with Crippen molar-refractivity contribution >= 4 is 11.8 Å². The molecule has 2 N–H and O–H groups in total. The second-order valence-corrected chi connectivity index (χ2v) is 4.88. The minimum absolute atomic E-state index is 0.0195. The van der Waals surface area contributed by atoms with Crippen molar-refractivity contribution in [2.24, 2.45) is 0 Å². The van der Waals surface area contributed by atoms with Gasteiger partial charge in [-0.3, -0.25) is 9.59 Å². The van der Waals surface area contributed by atoms with Crippen molar-refractivity contribution in [1.29, 1.82) is 0 Å². The van der Waals surface area contributed by atoms with Gasteiger partial charge in [-0.05, 0) is 25.8 Å². The van der Waals surface area contributed by atoms with Gasteiger partial charge in [-0.2, -0.15) is 0 Å². The average Bonchev–Trinajstić information content (AvgIpc) is 2.71. The molecule has 0 bridgehead atoms. The molecule has 0 aromatic heterocycles. The normalized spacial score (nSPS) is 25.8. The summed E-state index contributed by atoms with van der Waals surface area (Å²) in [6.45, 7) is 2.78. The summed E-state index contributed by atoms with van der Waals surface area (Å²) < 4.78 is 0. The van der Waals surface area contributed by atoms with E-state index in [1.165, 1.54) is 0 Å². The molecule has 1 unspecified atom stereocenters. The number of hydrogen-bond acceptors (Lipinski definition) is 3. The van der Waals surface area contributed by atoms with Gasteiger partial charge in [-0.1, -0.05) is 6.42 Å². The number of amides is 2. The molecule has 17 heavy (non-hydrogen) atoms. The SMILES string of the molecule is O=C(CN1CCCCCC1=O)NC1CCNC1. The molecule has 2 heterocycles. The molecule has 2 fully saturated rings. The first-order valence-electron chi connectivity index (χ1n) is 6.53. The van der Waals surface area contributed by atoms with Crippen molar-refractivity contribution in [2.45, 2.75) is 38.1 Å². The topological polar surface area (TPSA) is 61.4 Å². The molecule has 2 rings (SSSR count). The molecule has 1 atom stereocenters. The molecule has 0 aliphatic carbocycles. The summed E-state index contributed by atoms with van der Waals surface area (Å²) in [7, 11) is 0. The second-order valence-electron chi connectivity index (χ2n) is 4.88. The Balaban J connectivity index is 1.77. The predicted octanol–water partition coefficient (Wildman–Crippen LogP) is -0.133. The molecule has 2 amide bonds. The Bertz CT molecular complexity index is 287. The van der Waals surface area contributed by atoms with Gasteiger partial charge in [0.05, 0.1) is 6.54 Å². The van der Waals surface area contributed by atoms with E-state index in [-0.39, 0.29) is 24.4 Å². The number of carbonyl (C=O) groups is 2. The minimum Gasteiger partial charge on any atom is -0.351 e. The highest BCUT2D eigenvalue weighted by atomic mass is 16.2. The van der Waals surface area contributed by atoms with Gasteiger partial charge in [0, 0.05) is 25.6 Å². The molecule has 0 spiro atoms. The van der Waals surface area contributed by atoms with E-state index >= 15 is 0 Å². The summed E-state index contributed by atoms with van der Waals surface area (Å²) in [5, 5.41) is 6.18. The van der Waals surface area contributed by atoms with Crippen molar-refractivity contribution in [3.63, 3.8) is 0 Å². The van der Waals surface area contributed by atoms with Gasteiger partial charge in [-0.25, -0.2) is 0 Å². The van der Waals surface area contributed by atoms with Crippen LogP contribution in [0.5, 0.6) is 0 Å². The lowest BCUT2D eigenvalue weighted by Crippen LogP contribution is -2.44. The summed E-state index contributed by atoms with van der Waals surface area (Å²) in [6, 6.07) is 0.240. The molecule has 0 radical (unpaired) electrons. The van der Waals surface area contributed by atoms with Gasteiger partial charge >= 0.3 is 0 Å². The molecular weight excluding hydrogens is 218 g/mol. The zero-order chi connectivity index (χ0) is 12.1. The van der Waals surface area contributed by atoms with Crippen LogP contribution in [0.2, 0.25) is 0 Å². The molecule has 5 heteroatoms. The third-order valence-corrected chi connectivity index (χ3v) is 3.43. The van der Waals surface area contributed by atoms with E-state index in [2.05, 4.69) is 10.6 Å². The van der Waals surface area contributed by atoms with Crippen LogP contribution in [0.3, 0.4) is 0 Å². The number of nitrogens with zero attached hydrogens (tertiary/aromatic N) is 1. The van der Waals surface area contributed by atoms with E-state index in [4.69, 9.17) is 0 Å². The van der Waals surface area contributed by atoms with Crippen molar-refractivity contribution < 1.29 is 9.59 Å². The first-order chi connectivity index (χ1) is 8.25. The molecule has 0 aromatic rings. The molecule has 2 aliphatic rings. The number of nitrogens with one attached hydrogen (secondary N) is 2. The van der Waals surface area contributed by atoms with Crippen LogP contribution in [0.1, 0.15) is 32.1 Å². The van der Waals surface area contributed by atoms with Gasteiger partial charge in [0.2, 0.25) is 11.8 Å². The van der Waals surface area contributed by atoms with E-state index < -0.39 is 0 Å². The fourth-order valence-electron chi connectivity index (χ4n) is 2.43. The zero-order valence-electron chi connectivity index (χ0n) is 10.2. The molecule has 5 nitrogen and oxygen atoms in total. The first kappa shape index (κ1) is 12.4. The highest BCUT2D eigenvalue weighted by Gasteiger charge is 2.21. The van der Waals surface area contributed by atoms with E-state index in [9.17, 15) is 9.59 Å². The maximum Gasteiger partial charge on any atom is 0.239 e. The van der Waals surface area contributed by atoms with Crippen LogP contribution in [-0.4, -0.2) is 48.9 Å². The van der Waals surface area contributed by atoms with Gasteiger partial charge in [-0.15, -0.1) is 0 Å². The van der Waals surface area contributed by atoms with Crippen molar-refractivity contribution in [1.82, 2.24) is 15.5 Å². The molecule has 96 valence electrons. The summed E-state index contributed by atoms with van der Waals surface area (Å²) in [4.78, 5) is 25.2. The maximum atomic E-state index is 11.8. The Morgan fingerprint density at radius 3 is 3.06 bits per heavy atom. The summed E-state index contributed by atoms with van der Waals surface area (Å²) in [6.07, 6.45) is 4.65. The maximum absolute atomic E-state index is 11.8. The average molecular weight is 239 g/mol. The third kappa shape index (κ3) is 3.70. The van der Waals surface area contributed by atoms with Crippen LogP contribution in [0.4, 0.5) is 0 Å². The Kier molecular flexibility index (Phi) is 4.36. The zero-order valence-corrected chi connectivity index (χ0v) is 10.2. The predicted molar refractivity (Wildman–Crippen MR) is 64.5 cm³/mol. The van der Waals surface area contributed by atoms with Crippen LogP contribution in [-0.2, 0) is 9.59 Å². The summed E-state index contributed by atoms with van der Waals surface area (Å²) >= 11 is 0. The Hall–Kier alpha value is -1.10. The first-order valence-corrected chi connectivity index (χ1v) is 6.53. The molecular formula is C12H21N3O2. The van der Waals surface area contributed by atoms with Gasteiger partial charge in [0.15, 0.2) is 0 Å². The highest BCUT2D eigenvalue weighted by molar-refractivity contribution is 5.85.